The molecule has 0 amide bonds. The molecular weight excluding hydrogens is 230 g/mol. The number of furan rings is 1. The molecule has 0 aliphatic rings. The third-order valence-corrected chi connectivity index (χ3v) is 4.07. The molecule has 2 nitrogen and oxygen atoms in total. The van der Waals surface area contributed by atoms with Gasteiger partial charge in [-0.25, -0.2) is 0 Å². The molecule has 92 valence electrons. The topological polar surface area (TPSA) is 25.2 Å². The van der Waals surface area contributed by atoms with E-state index in [0.717, 1.165) is 11.5 Å². The molecule has 2 atom stereocenters. The van der Waals surface area contributed by atoms with Crippen LogP contribution in [-0.2, 0) is 0 Å². The van der Waals surface area contributed by atoms with E-state index < -0.39 is 0 Å². The Bertz CT molecular complexity index is 472. The quantitative estimate of drug-likeness (QED) is 0.870. The van der Waals surface area contributed by atoms with Crippen LogP contribution in [0.5, 0.6) is 0 Å². The summed E-state index contributed by atoms with van der Waals surface area (Å²) in [4.78, 5) is 1.37. The predicted molar refractivity (Wildman–Crippen MR) is 72.5 cm³/mol. The van der Waals surface area contributed by atoms with Gasteiger partial charge in [-0.3, -0.25) is 0 Å². The van der Waals surface area contributed by atoms with Crippen molar-refractivity contribution in [2.75, 3.05) is 0 Å². The molecule has 0 spiro atoms. The lowest BCUT2D eigenvalue weighted by Gasteiger charge is -2.18. The minimum absolute atomic E-state index is 0.310. The van der Waals surface area contributed by atoms with Crippen LogP contribution >= 0.6 is 11.3 Å². The van der Waals surface area contributed by atoms with Crippen LogP contribution < -0.4 is 5.32 Å². The van der Waals surface area contributed by atoms with E-state index in [-0.39, 0.29) is 0 Å². The minimum Gasteiger partial charge on any atom is -0.466 e. The van der Waals surface area contributed by atoms with Crippen LogP contribution in [0, 0.1) is 13.8 Å². The Labute approximate surface area is 107 Å². The van der Waals surface area contributed by atoms with E-state index in [1.54, 1.807) is 11.3 Å². The summed E-state index contributed by atoms with van der Waals surface area (Å²) in [6.45, 7) is 8.40. The summed E-state index contributed by atoms with van der Waals surface area (Å²) in [5.74, 6) is 2.00. The van der Waals surface area contributed by atoms with Gasteiger partial charge < -0.3 is 9.73 Å². The molecule has 0 aliphatic heterocycles. The minimum atomic E-state index is 0.310. The summed E-state index contributed by atoms with van der Waals surface area (Å²) in [5.41, 5.74) is 1.26. The average Bonchev–Trinajstić information content (AvgIpc) is 2.87. The Kier molecular flexibility index (Phi) is 3.69. The maximum atomic E-state index is 5.57. The smallest absolute Gasteiger partial charge is 0.105 e. The van der Waals surface area contributed by atoms with Crippen molar-refractivity contribution < 1.29 is 4.42 Å². The summed E-state index contributed by atoms with van der Waals surface area (Å²) < 4.78 is 5.57. The van der Waals surface area contributed by atoms with Crippen molar-refractivity contribution in [3.63, 3.8) is 0 Å². The first-order valence-electron chi connectivity index (χ1n) is 5.94. The molecule has 2 heterocycles. The Morgan fingerprint density at radius 2 is 2.00 bits per heavy atom. The lowest BCUT2D eigenvalue weighted by Crippen LogP contribution is -2.21. The molecule has 0 aromatic carbocycles. The van der Waals surface area contributed by atoms with Gasteiger partial charge in [-0.2, -0.15) is 0 Å². The molecule has 2 aromatic rings. The van der Waals surface area contributed by atoms with Crippen LogP contribution in [0.1, 0.15) is 47.9 Å². The van der Waals surface area contributed by atoms with Crippen LogP contribution in [-0.4, -0.2) is 0 Å². The van der Waals surface area contributed by atoms with Gasteiger partial charge in [0.25, 0.3) is 0 Å². The highest BCUT2D eigenvalue weighted by Gasteiger charge is 2.15. The summed E-state index contributed by atoms with van der Waals surface area (Å²) >= 11 is 1.79. The molecular formula is C14H19NOS. The molecule has 0 bridgehead atoms. The van der Waals surface area contributed by atoms with E-state index >= 15 is 0 Å². The molecule has 2 unspecified atom stereocenters. The van der Waals surface area contributed by atoms with E-state index in [1.807, 2.05) is 13.8 Å². The SMILES string of the molecule is Cc1cc(C(C)NC(C)c2cccs2)c(C)o1. The number of thiophene rings is 1. The fourth-order valence-electron chi connectivity index (χ4n) is 2.16. The first-order valence-corrected chi connectivity index (χ1v) is 6.82. The van der Waals surface area contributed by atoms with E-state index in [9.17, 15) is 0 Å². The molecule has 0 saturated heterocycles. The van der Waals surface area contributed by atoms with Crippen molar-refractivity contribution >= 4 is 11.3 Å². The summed E-state index contributed by atoms with van der Waals surface area (Å²) in [6, 6.07) is 7.07. The second-order valence-corrected chi connectivity index (χ2v) is 5.47. The molecule has 1 N–H and O–H groups in total. The van der Waals surface area contributed by atoms with Gasteiger partial charge in [0.1, 0.15) is 11.5 Å². The first kappa shape index (κ1) is 12.4. The van der Waals surface area contributed by atoms with Crippen LogP contribution in [0.3, 0.4) is 0 Å². The predicted octanol–water partition coefficient (Wildman–Crippen LogP) is 4.37. The molecule has 17 heavy (non-hydrogen) atoms. The van der Waals surface area contributed by atoms with Gasteiger partial charge in [0.05, 0.1) is 0 Å². The van der Waals surface area contributed by atoms with Gasteiger partial charge in [0.15, 0.2) is 0 Å². The number of rotatable bonds is 4. The lowest BCUT2D eigenvalue weighted by atomic mass is 10.1. The molecule has 3 heteroatoms. The Balaban J connectivity index is 2.06. The number of hydrogen-bond acceptors (Lipinski definition) is 3. The van der Waals surface area contributed by atoms with Crippen molar-refractivity contribution in [3.8, 4) is 0 Å². The molecule has 0 aliphatic carbocycles. The third-order valence-electron chi connectivity index (χ3n) is 3.02. The Morgan fingerprint density at radius 1 is 1.24 bits per heavy atom. The van der Waals surface area contributed by atoms with Gasteiger partial charge in [0, 0.05) is 22.5 Å². The van der Waals surface area contributed by atoms with Gasteiger partial charge in [-0.15, -0.1) is 11.3 Å². The zero-order valence-electron chi connectivity index (χ0n) is 10.8. The van der Waals surface area contributed by atoms with Crippen molar-refractivity contribution in [2.45, 2.75) is 39.8 Å². The summed E-state index contributed by atoms with van der Waals surface area (Å²) in [7, 11) is 0. The van der Waals surface area contributed by atoms with E-state index in [0.29, 0.717) is 12.1 Å². The van der Waals surface area contributed by atoms with E-state index in [4.69, 9.17) is 4.42 Å². The first-order chi connectivity index (χ1) is 8.08. The average molecular weight is 249 g/mol. The third kappa shape index (κ3) is 2.79. The van der Waals surface area contributed by atoms with E-state index in [2.05, 4.69) is 42.7 Å². The standard InChI is InChI=1S/C14H19NOS/c1-9-8-13(12(4)16-9)10(2)15-11(3)14-6-5-7-17-14/h5-8,10-11,15H,1-4H3. The highest BCUT2D eigenvalue weighted by atomic mass is 32.1. The van der Waals surface area contributed by atoms with Crippen molar-refractivity contribution in [1.82, 2.24) is 5.32 Å². The van der Waals surface area contributed by atoms with Crippen molar-refractivity contribution in [2.24, 2.45) is 0 Å². The molecule has 2 rings (SSSR count). The molecule has 0 radical (unpaired) electrons. The van der Waals surface area contributed by atoms with Gasteiger partial charge in [0.2, 0.25) is 0 Å². The number of nitrogens with one attached hydrogen (secondary N) is 1. The fourth-order valence-corrected chi connectivity index (χ4v) is 2.91. The summed E-state index contributed by atoms with van der Waals surface area (Å²) in [5, 5.41) is 5.72. The maximum Gasteiger partial charge on any atom is 0.105 e. The highest BCUT2D eigenvalue weighted by molar-refractivity contribution is 7.10. The normalized spacial score (nSPS) is 14.8. The van der Waals surface area contributed by atoms with Crippen LogP contribution in [0.15, 0.2) is 28.0 Å². The zero-order chi connectivity index (χ0) is 12.4. The molecule has 2 aromatic heterocycles. The van der Waals surface area contributed by atoms with Gasteiger partial charge in [-0.05, 0) is 45.2 Å². The fraction of sp³-hybridized carbons (Fsp3) is 0.429. The van der Waals surface area contributed by atoms with Crippen molar-refractivity contribution in [3.05, 3.63) is 45.5 Å². The second-order valence-electron chi connectivity index (χ2n) is 4.49. The number of aryl methyl sites for hydroxylation is 2. The maximum absolute atomic E-state index is 5.57. The van der Waals surface area contributed by atoms with Crippen LogP contribution in [0.4, 0.5) is 0 Å². The molecule has 0 fully saturated rings. The monoisotopic (exact) mass is 249 g/mol. The molecule has 0 saturated carbocycles. The zero-order valence-corrected chi connectivity index (χ0v) is 11.6. The lowest BCUT2D eigenvalue weighted by molar-refractivity contribution is 0.471. The summed E-state index contributed by atoms with van der Waals surface area (Å²) in [6.07, 6.45) is 0. The second kappa shape index (κ2) is 5.07. The van der Waals surface area contributed by atoms with Crippen LogP contribution in [0.2, 0.25) is 0 Å². The highest BCUT2D eigenvalue weighted by Crippen LogP contribution is 2.25. The number of hydrogen-bond donors (Lipinski definition) is 1. The van der Waals surface area contributed by atoms with Gasteiger partial charge in [-0.1, -0.05) is 6.07 Å². The Hall–Kier alpha value is -1.06. The Morgan fingerprint density at radius 3 is 2.53 bits per heavy atom. The largest absolute Gasteiger partial charge is 0.466 e. The van der Waals surface area contributed by atoms with Crippen molar-refractivity contribution in [1.29, 1.82) is 0 Å². The van der Waals surface area contributed by atoms with E-state index in [1.165, 1.54) is 10.4 Å². The van der Waals surface area contributed by atoms with Crippen LogP contribution in [0.25, 0.3) is 0 Å². The van der Waals surface area contributed by atoms with Gasteiger partial charge >= 0.3 is 0 Å².